The Balaban J connectivity index is 2.01. The Bertz CT molecular complexity index is 375. The number of nitrogens with one attached hydrogen (secondary N) is 1. The summed E-state index contributed by atoms with van der Waals surface area (Å²) in [6, 6.07) is 5.70. The number of halogens is 1. The second-order valence-corrected chi connectivity index (χ2v) is 5.43. The van der Waals surface area contributed by atoms with Gasteiger partial charge in [0.1, 0.15) is 0 Å². The first-order valence-corrected chi connectivity index (χ1v) is 6.40. The van der Waals surface area contributed by atoms with Crippen LogP contribution in [0.5, 0.6) is 0 Å². The number of anilines is 2. The minimum absolute atomic E-state index is 0.547. The molecule has 1 aliphatic carbocycles. The van der Waals surface area contributed by atoms with Crippen LogP contribution in [-0.2, 0) is 0 Å². The number of hydrogen-bond donors (Lipinski definition) is 3. The van der Waals surface area contributed by atoms with E-state index in [0.717, 1.165) is 35.8 Å². The first-order chi connectivity index (χ1) is 7.59. The van der Waals surface area contributed by atoms with Gasteiger partial charge in [0, 0.05) is 11.0 Å². The molecule has 0 saturated heterocycles. The topological polar surface area (TPSA) is 58.3 Å². The lowest BCUT2D eigenvalue weighted by Crippen LogP contribution is -2.33. The first kappa shape index (κ1) is 11.7. The van der Waals surface area contributed by atoms with Gasteiger partial charge in [0.15, 0.2) is 0 Å². The highest BCUT2D eigenvalue weighted by atomic mass is 79.9. The van der Waals surface area contributed by atoms with E-state index in [-0.39, 0.29) is 0 Å². The van der Waals surface area contributed by atoms with Gasteiger partial charge < -0.3 is 16.2 Å². The molecule has 0 spiro atoms. The molecule has 0 aliphatic heterocycles. The Hall–Kier alpha value is -0.740. The highest BCUT2D eigenvalue weighted by Gasteiger charge is 2.30. The maximum Gasteiger partial charge on any atom is 0.0819 e. The lowest BCUT2D eigenvalue weighted by atomic mass is 10.0. The molecule has 0 unspecified atom stereocenters. The van der Waals surface area contributed by atoms with E-state index in [1.54, 1.807) is 0 Å². The third kappa shape index (κ3) is 2.68. The summed E-state index contributed by atoms with van der Waals surface area (Å²) in [7, 11) is 0. The molecule has 16 heavy (non-hydrogen) atoms. The fourth-order valence-electron chi connectivity index (χ4n) is 2.15. The summed E-state index contributed by atoms with van der Waals surface area (Å²) in [5.41, 5.74) is 6.90. The number of rotatable bonds is 3. The molecular weight excluding hydrogens is 268 g/mol. The quantitative estimate of drug-likeness (QED) is 0.748. The van der Waals surface area contributed by atoms with Crippen molar-refractivity contribution in [3.63, 3.8) is 0 Å². The standard InChI is InChI=1S/C12H17BrN2O/c13-9-3-4-10(14)11(7-9)15-8-12(16)5-1-2-6-12/h3-4,7,15-16H,1-2,5-6,8,14H2. The van der Waals surface area contributed by atoms with Crippen LogP contribution in [0.1, 0.15) is 25.7 Å². The molecule has 1 fully saturated rings. The molecule has 0 heterocycles. The molecule has 0 aromatic heterocycles. The van der Waals surface area contributed by atoms with Gasteiger partial charge in [-0.15, -0.1) is 0 Å². The number of nitrogen functional groups attached to an aromatic ring is 1. The van der Waals surface area contributed by atoms with Crippen LogP contribution in [0.15, 0.2) is 22.7 Å². The molecule has 4 N–H and O–H groups in total. The molecule has 88 valence electrons. The monoisotopic (exact) mass is 284 g/mol. The number of aliphatic hydroxyl groups is 1. The van der Waals surface area contributed by atoms with E-state index < -0.39 is 5.60 Å². The van der Waals surface area contributed by atoms with Gasteiger partial charge in [0.05, 0.1) is 17.0 Å². The normalized spacial score (nSPS) is 18.6. The van der Waals surface area contributed by atoms with E-state index in [1.807, 2.05) is 18.2 Å². The largest absolute Gasteiger partial charge is 0.397 e. The molecule has 1 aromatic carbocycles. The van der Waals surface area contributed by atoms with Gasteiger partial charge in [0.2, 0.25) is 0 Å². The van der Waals surface area contributed by atoms with Crippen molar-refractivity contribution >= 4 is 27.3 Å². The maximum absolute atomic E-state index is 10.2. The molecule has 0 bridgehead atoms. The first-order valence-electron chi connectivity index (χ1n) is 5.60. The van der Waals surface area contributed by atoms with Crippen LogP contribution in [-0.4, -0.2) is 17.3 Å². The average Bonchev–Trinajstić information content (AvgIpc) is 2.67. The van der Waals surface area contributed by atoms with E-state index in [2.05, 4.69) is 21.2 Å². The van der Waals surface area contributed by atoms with E-state index >= 15 is 0 Å². The van der Waals surface area contributed by atoms with Gasteiger partial charge >= 0.3 is 0 Å². The molecule has 0 radical (unpaired) electrons. The second-order valence-electron chi connectivity index (χ2n) is 4.52. The number of benzene rings is 1. The van der Waals surface area contributed by atoms with Crippen LogP contribution < -0.4 is 11.1 Å². The van der Waals surface area contributed by atoms with Crippen LogP contribution >= 0.6 is 15.9 Å². The van der Waals surface area contributed by atoms with Crippen molar-refractivity contribution in [2.45, 2.75) is 31.3 Å². The Labute approximate surface area is 104 Å². The summed E-state index contributed by atoms with van der Waals surface area (Å²) in [6.07, 6.45) is 4.00. The van der Waals surface area contributed by atoms with E-state index in [0.29, 0.717) is 12.2 Å². The zero-order valence-corrected chi connectivity index (χ0v) is 10.8. The predicted molar refractivity (Wildman–Crippen MR) is 70.5 cm³/mol. The highest BCUT2D eigenvalue weighted by molar-refractivity contribution is 9.10. The average molecular weight is 285 g/mol. The van der Waals surface area contributed by atoms with Gasteiger partial charge in [-0.1, -0.05) is 28.8 Å². The SMILES string of the molecule is Nc1ccc(Br)cc1NCC1(O)CCCC1. The zero-order chi connectivity index (χ0) is 11.6. The smallest absolute Gasteiger partial charge is 0.0819 e. The summed E-state index contributed by atoms with van der Waals surface area (Å²) in [4.78, 5) is 0. The van der Waals surface area contributed by atoms with Gasteiger partial charge in [-0.05, 0) is 31.0 Å². The fraction of sp³-hybridized carbons (Fsp3) is 0.500. The van der Waals surface area contributed by atoms with Gasteiger partial charge in [-0.25, -0.2) is 0 Å². The van der Waals surface area contributed by atoms with Crippen molar-refractivity contribution in [2.24, 2.45) is 0 Å². The van der Waals surface area contributed by atoms with Crippen molar-refractivity contribution in [1.29, 1.82) is 0 Å². The minimum Gasteiger partial charge on any atom is -0.397 e. The third-order valence-electron chi connectivity index (χ3n) is 3.16. The Morgan fingerprint density at radius 1 is 1.38 bits per heavy atom. The molecule has 1 aromatic rings. The molecular formula is C12H17BrN2O. The van der Waals surface area contributed by atoms with E-state index in [4.69, 9.17) is 5.73 Å². The van der Waals surface area contributed by atoms with Gasteiger partial charge in [-0.3, -0.25) is 0 Å². The van der Waals surface area contributed by atoms with Crippen LogP contribution in [0, 0.1) is 0 Å². The van der Waals surface area contributed by atoms with E-state index in [1.165, 1.54) is 0 Å². The van der Waals surface area contributed by atoms with Crippen LogP contribution in [0.2, 0.25) is 0 Å². The van der Waals surface area contributed by atoms with Crippen LogP contribution in [0.25, 0.3) is 0 Å². The Morgan fingerprint density at radius 3 is 2.75 bits per heavy atom. The lowest BCUT2D eigenvalue weighted by Gasteiger charge is -2.23. The third-order valence-corrected chi connectivity index (χ3v) is 3.65. The van der Waals surface area contributed by atoms with Crippen molar-refractivity contribution in [2.75, 3.05) is 17.6 Å². The molecule has 3 nitrogen and oxygen atoms in total. The predicted octanol–water partition coefficient (Wildman–Crippen LogP) is 2.75. The lowest BCUT2D eigenvalue weighted by molar-refractivity contribution is 0.0615. The fourth-order valence-corrected chi connectivity index (χ4v) is 2.51. The van der Waals surface area contributed by atoms with Gasteiger partial charge in [0.25, 0.3) is 0 Å². The summed E-state index contributed by atoms with van der Waals surface area (Å²) in [5.74, 6) is 0. The second kappa shape index (κ2) is 4.63. The highest BCUT2D eigenvalue weighted by Crippen LogP contribution is 2.31. The van der Waals surface area contributed by atoms with Crippen molar-refractivity contribution in [3.05, 3.63) is 22.7 Å². The summed E-state index contributed by atoms with van der Waals surface area (Å²) in [5, 5.41) is 13.4. The number of hydrogen-bond acceptors (Lipinski definition) is 3. The van der Waals surface area contributed by atoms with Crippen molar-refractivity contribution in [1.82, 2.24) is 0 Å². The molecule has 1 saturated carbocycles. The molecule has 0 atom stereocenters. The van der Waals surface area contributed by atoms with E-state index in [9.17, 15) is 5.11 Å². The minimum atomic E-state index is -0.547. The Morgan fingerprint density at radius 2 is 2.06 bits per heavy atom. The molecule has 1 aliphatic rings. The summed E-state index contributed by atoms with van der Waals surface area (Å²) < 4.78 is 0.989. The molecule has 2 rings (SSSR count). The van der Waals surface area contributed by atoms with Gasteiger partial charge in [-0.2, -0.15) is 0 Å². The zero-order valence-electron chi connectivity index (χ0n) is 9.17. The molecule has 4 heteroatoms. The molecule has 0 amide bonds. The summed E-state index contributed by atoms with van der Waals surface area (Å²) in [6.45, 7) is 0.577. The number of nitrogens with two attached hydrogens (primary N) is 1. The maximum atomic E-state index is 10.2. The van der Waals surface area contributed by atoms with Crippen molar-refractivity contribution < 1.29 is 5.11 Å². The Kier molecular flexibility index (Phi) is 3.40. The van der Waals surface area contributed by atoms with Crippen LogP contribution in [0.3, 0.4) is 0 Å². The van der Waals surface area contributed by atoms with Crippen molar-refractivity contribution in [3.8, 4) is 0 Å². The van der Waals surface area contributed by atoms with Crippen LogP contribution in [0.4, 0.5) is 11.4 Å². The summed E-state index contributed by atoms with van der Waals surface area (Å²) >= 11 is 3.41.